The van der Waals surface area contributed by atoms with Crippen LogP contribution in [0.4, 0.5) is 0 Å². The third-order valence-electron chi connectivity index (χ3n) is 4.47. The molecule has 0 aliphatic carbocycles. The van der Waals surface area contributed by atoms with Gasteiger partial charge in [0.1, 0.15) is 0 Å². The average Bonchev–Trinajstić information content (AvgIpc) is 3.06. The van der Waals surface area contributed by atoms with Crippen LogP contribution in [0.2, 0.25) is 0 Å². The van der Waals surface area contributed by atoms with Crippen molar-refractivity contribution in [2.45, 2.75) is 102 Å². The van der Waals surface area contributed by atoms with Crippen LogP contribution in [0.15, 0.2) is 16.8 Å². The Morgan fingerprint density at radius 3 is 1.77 bits per heavy atom. The molecular weight excluding hydrogens is 352 g/mol. The van der Waals surface area contributed by atoms with Gasteiger partial charge in [0.2, 0.25) is 0 Å². The SMILES string of the molecule is CCCCCCCCCCCCCCCC(Br)c1ccsc1. The van der Waals surface area contributed by atoms with Gasteiger partial charge in [0.15, 0.2) is 0 Å². The Labute approximate surface area is 151 Å². The maximum Gasteiger partial charge on any atom is 0.0403 e. The summed E-state index contributed by atoms with van der Waals surface area (Å²) in [4.78, 5) is 0.575. The number of rotatable bonds is 15. The van der Waals surface area contributed by atoms with Gasteiger partial charge in [0.25, 0.3) is 0 Å². The highest BCUT2D eigenvalue weighted by molar-refractivity contribution is 9.09. The quantitative estimate of drug-likeness (QED) is 0.209. The zero-order valence-corrected chi connectivity index (χ0v) is 16.9. The largest absolute Gasteiger partial charge is 0.152 e. The van der Waals surface area contributed by atoms with Gasteiger partial charge in [-0.25, -0.2) is 0 Å². The molecule has 0 amide bonds. The lowest BCUT2D eigenvalue weighted by atomic mass is 10.0. The maximum atomic E-state index is 3.81. The van der Waals surface area contributed by atoms with E-state index in [-0.39, 0.29) is 0 Å². The molecule has 1 aromatic heterocycles. The first-order valence-electron chi connectivity index (χ1n) is 9.50. The molecule has 1 rings (SSSR count). The second kappa shape index (κ2) is 14.8. The van der Waals surface area contributed by atoms with Gasteiger partial charge in [-0.3, -0.25) is 0 Å². The average molecular weight is 387 g/mol. The minimum absolute atomic E-state index is 0.575. The van der Waals surface area contributed by atoms with Crippen LogP contribution in [0.3, 0.4) is 0 Å². The van der Waals surface area contributed by atoms with Crippen molar-refractivity contribution >= 4 is 27.3 Å². The summed E-state index contributed by atoms with van der Waals surface area (Å²) in [6, 6.07) is 2.24. The summed E-state index contributed by atoms with van der Waals surface area (Å²) in [7, 11) is 0. The molecule has 1 aromatic rings. The molecule has 22 heavy (non-hydrogen) atoms. The molecule has 0 saturated carbocycles. The standard InChI is InChI=1S/C20H35BrS/c1-2-3-4-5-6-7-8-9-10-11-12-13-14-15-20(21)19-16-17-22-18-19/h16-18,20H,2-15H2,1H3. The second-order valence-corrected chi connectivity index (χ2v) is 8.44. The molecule has 0 N–H and O–H groups in total. The molecule has 0 bridgehead atoms. The Bertz CT molecular complexity index is 320. The van der Waals surface area contributed by atoms with Gasteiger partial charge in [-0.05, 0) is 28.8 Å². The van der Waals surface area contributed by atoms with Gasteiger partial charge in [0, 0.05) is 4.83 Å². The summed E-state index contributed by atoms with van der Waals surface area (Å²) in [5.74, 6) is 0. The molecule has 0 aliphatic rings. The van der Waals surface area contributed by atoms with Gasteiger partial charge < -0.3 is 0 Å². The van der Waals surface area contributed by atoms with Crippen LogP contribution >= 0.6 is 27.3 Å². The number of halogens is 1. The van der Waals surface area contributed by atoms with E-state index >= 15 is 0 Å². The highest BCUT2D eigenvalue weighted by Gasteiger charge is 2.06. The first-order valence-corrected chi connectivity index (χ1v) is 11.4. The van der Waals surface area contributed by atoms with Gasteiger partial charge in [0.05, 0.1) is 0 Å². The Kier molecular flexibility index (Phi) is 13.6. The second-order valence-electron chi connectivity index (χ2n) is 6.56. The first kappa shape index (κ1) is 20.2. The van der Waals surface area contributed by atoms with Crippen LogP contribution < -0.4 is 0 Å². The topological polar surface area (TPSA) is 0 Å². The highest BCUT2D eigenvalue weighted by atomic mass is 79.9. The fourth-order valence-corrected chi connectivity index (χ4v) is 4.46. The van der Waals surface area contributed by atoms with E-state index in [0.29, 0.717) is 4.83 Å². The number of thiophene rings is 1. The molecule has 1 atom stereocenters. The normalized spacial score (nSPS) is 12.6. The molecule has 1 heterocycles. The van der Waals surface area contributed by atoms with E-state index in [1.54, 1.807) is 11.3 Å². The Hall–Kier alpha value is 0.180. The molecular formula is C20H35BrS. The molecule has 0 aliphatic heterocycles. The van der Waals surface area contributed by atoms with Crippen LogP contribution in [0, 0.1) is 0 Å². The third-order valence-corrected chi connectivity index (χ3v) is 6.15. The molecule has 0 aromatic carbocycles. The summed E-state index contributed by atoms with van der Waals surface area (Å²) < 4.78 is 0. The van der Waals surface area contributed by atoms with E-state index in [9.17, 15) is 0 Å². The van der Waals surface area contributed by atoms with Crippen molar-refractivity contribution in [2.75, 3.05) is 0 Å². The van der Waals surface area contributed by atoms with Crippen LogP contribution in [0.1, 0.15) is 107 Å². The molecule has 0 radical (unpaired) electrons. The van der Waals surface area contributed by atoms with E-state index in [2.05, 4.69) is 39.7 Å². The smallest absolute Gasteiger partial charge is 0.0403 e. The maximum absolute atomic E-state index is 3.81. The first-order chi connectivity index (χ1) is 10.8. The van der Waals surface area contributed by atoms with Crippen molar-refractivity contribution < 1.29 is 0 Å². The highest BCUT2D eigenvalue weighted by Crippen LogP contribution is 2.30. The molecule has 0 spiro atoms. The fraction of sp³-hybridized carbons (Fsp3) is 0.800. The monoisotopic (exact) mass is 386 g/mol. The lowest BCUT2D eigenvalue weighted by molar-refractivity contribution is 0.535. The van der Waals surface area contributed by atoms with Gasteiger partial charge in [-0.15, -0.1) is 0 Å². The number of alkyl halides is 1. The molecule has 2 heteroatoms. The van der Waals surface area contributed by atoms with E-state index in [1.165, 1.54) is 95.5 Å². The predicted molar refractivity (Wildman–Crippen MR) is 106 cm³/mol. The summed E-state index contributed by atoms with van der Waals surface area (Å²) in [6.45, 7) is 2.29. The van der Waals surface area contributed by atoms with Crippen LogP contribution in [0.5, 0.6) is 0 Å². The lowest BCUT2D eigenvalue weighted by Gasteiger charge is -2.07. The third kappa shape index (κ3) is 10.8. The lowest BCUT2D eigenvalue weighted by Crippen LogP contribution is -1.88. The fourth-order valence-electron chi connectivity index (χ4n) is 2.96. The Morgan fingerprint density at radius 1 is 0.818 bits per heavy atom. The van der Waals surface area contributed by atoms with Gasteiger partial charge in [-0.1, -0.05) is 106 Å². The molecule has 0 nitrogen and oxygen atoms in total. The number of hydrogen-bond acceptors (Lipinski definition) is 1. The summed E-state index contributed by atoms with van der Waals surface area (Å²) in [5.41, 5.74) is 1.46. The summed E-state index contributed by atoms with van der Waals surface area (Å²) in [6.07, 6.45) is 20.0. The predicted octanol–water partition coefficient (Wildman–Crippen LogP) is 8.67. The Morgan fingerprint density at radius 2 is 1.32 bits per heavy atom. The minimum atomic E-state index is 0.575. The molecule has 128 valence electrons. The van der Waals surface area contributed by atoms with Crippen LogP contribution in [-0.2, 0) is 0 Å². The summed E-state index contributed by atoms with van der Waals surface area (Å²) >= 11 is 5.61. The van der Waals surface area contributed by atoms with Crippen molar-refractivity contribution in [2.24, 2.45) is 0 Å². The van der Waals surface area contributed by atoms with Crippen molar-refractivity contribution in [1.82, 2.24) is 0 Å². The van der Waals surface area contributed by atoms with Crippen LogP contribution in [0.25, 0.3) is 0 Å². The minimum Gasteiger partial charge on any atom is -0.152 e. The number of hydrogen-bond donors (Lipinski definition) is 0. The summed E-state index contributed by atoms with van der Waals surface area (Å²) in [5, 5.41) is 4.44. The molecule has 0 fully saturated rings. The van der Waals surface area contributed by atoms with Crippen molar-refractivity contribution in [1.29, 1.82) is 0 Å². The van der Waals surface area contributed by atoms with E-state index < -0.39 is 0 Å². The van der Waals surface area contributed by atoms with Gasteiger partial charge >= 0.3 is 0 Å². The van der Waals surface area contributed by atoms with Crippen molar-refractivity contribution in [3.8, 4) is 0 Å². The van der Waals surface area contributed by atoms with E-state index in [1.807, 2.05) is 0 Å². The van der Waals surface area contributed by atoms with E-state index in [0.717, 1.165) is 0 Å². The molecule has 1 unspecified atom stereocenters. The Balaban J connectivity index is 1.76. The van der Waals surface area contributed by atoms with E-state index in [4.69, 9.17) is 0 Å². The van der Waals surface area contributed by atoms with Gasteiger partial charge in [-0.2, -0.15) is 11.3 Å². The zero-order valence-electron chi connectivity index (χ0n) is 14.5. The van der Waals surface area contributed by atoms with Crippen LogP contribution in [-0.4, -0.2) is 0 Å². The van der Waals surface area contributed by atoms with Crippen molar-refractivity contribution in [3.63, 3.8) is 0 Å². The molecule has 0 saturated heterocycles. The number of unbranched alkanes of at least 4 members (excludes halogenated alkanes) is 12. The zero-order chi connectivity index (χ0) is 15.9. The van der Waals surface area contributed by atoms with Crippen molar-refractivity contribution in [3.05, 3.63) is 22.4 Å².